The van der Waals surface area contributed by atoms with E-state index in [9.17, 15) is 0 Å². The van der Waals surface area contributed by atoms with E-state index in [1.807, 2.05) is 7.76 Å². The van der Waals surface area contributed by atoms with Gasteiger partial charge < -0.3 is 24.8 Å². The van der Waals surface area contributed by atoms with Crippen LogP contribution < -0.4 is 24.8 Å². The first-order chi connectivity index (χ1) is 9.47. The summed E-state index contributed by atoms with van der Waals surface area (Å²) in [5.74, 6) is 0. The molecule has 2 aliphatic carbocycles. The van der Waals surface area contributed by atoms with Crippen LogP contribution in [0.5, 0.6) is 0 Å². The minimum absolute atomic E-state index is 0. The summed E-state index contributed by atoms with van der Waals surface area (Å²) in [6, 6.07) is 0. The van der Waals surface area contributed by atoms with Crippen molar-refractivity contribution in [2.24, 2.45) is 0 Å². The number of hydrogen-bond acceptors (Lipinski definition) is 0. The zero-order valence-corrected chi connectivity index (χ0v) is 18.8. The Balaban J connectivity index is 0.00000220. The molecule has 0 fully saturated rings. The molecule has 0 spiro atoms. The van der Waals surface area contributed by atoms with Gasteiger partial charge in [0.1, 0.15) is 0 Å². The van der Waals surface area contributed by atoms with Gasteiger partial charge in [0.15, 0.2) is 0 Å². The normalized spacial score (nSPS) is 16.6. The van der Waals surface area contributed by atoms with Gasteiger partial charge in [-0.05, 0) is 0 Å². The Morgan fingerprint density at radius 3 is 1.45 bits per heavy atom. The van der Waals surface area contributed by atoms with Crippen LogP contribution in [0.15, 0.2) is 42.2 Å². The summed E-state index contributed by atoms with van der Waals surface area (Å²) in [7, 11) is 0. The second kappa shape index (κ2) is 9.69. The predicted octanol–water partition coefficient (Wildman–Crippen LogP) is -0.108. The van der Waals surface area contributed by atoms with Crippen LogP contribution in [0.4, 0.5) is 0 Å². The van der Waals surface area contributed by atoms with E-state index in [0.29, 0.717) is 0 Å². The van der Waals surface area contributed by atoms with Crippen LogP contribution >= 0.6 is 0 Å². The standard InChI is InChI=1S/2C8H11.C2H6Si.2ClH.Ti/c2*1-3-8-5-4-7(2)6-8;1-3-2;;;/h2*6H,3,5H2,1-2H3;1-2H3;2*1H;/q;;;;;+2/p-2. The molecule has 0 bridgehead atoms. The van der Waals surface area contributed by atoms with Crippen LogP contribution in [0.3, 0.4) is 0 Å². The van der Waals surface area contributed by atoms with Gasteiger partial charge in [0.05, 0.1) is 0 Å². The Morgan fingerprint density at radius 2 is 1.23 bits per heavy atom. The molecular weight excluding hydrogens is 363 g/mol. The zero-order chi connectivity index (χ0) is 14.9. The zero-order valence-electron chi connectivity index (χ0n) is 14.7. The van der Waals surface area contributed by atoms with E-state index in [1.165, 1.54) is 25.7 Å². The van der Waals surface area contributed by atoms with Gasteiger partial charge in [-0.25, -0.2) is 0 Å². The van der Waals surface area contributed by atoms with Gasteiger partial charge in [-0.2, -0.15) is 0 Å². The molecule has 2 rings (SSSR count). The van der Waals surface area contributed by atoms with Crippen LogP contribution in [0.25, 0.3) is 0 Å². The minimum Gasteiger partial charge on any atom is -1.00 e. The van der Waals surface area contributed by atoms with E-state index >= 15 is 0 Å². The van der Waals surface area contributed by atoms with Crippen molar-refractivity contribution in [2.45, 2.75) is 66.5 Å². The van der Waals surface area contributed by atoms with E-state index in [4.69, 9.17) is 0 Å². The Hall–Kier alpha value is 0.471. The Kier molecular flexibility index (Phi) is 9.90. The summed E-state index contributed by atoms with van der Waals surface area (Å²) in [4.78, 5) is 0. The minimum atomic E-state index is -1.20. The Morgan fingerprint density at radius 1 is 0.864 bits per heavy atom. The third-order valence-electron chi connectivity index (χ3n) is 4.61. The van der Waals surface area contributed by atoms with Crippen LogP contribution in [-0.2, 0) is 16.6 Å². The fourth-order valence-corrected chi connectivity index (χ4v) is 15.9. The molecule has 0 unspecified atom stereocenters. The topological polar surface area (TPSA) is 0 Å². The molecule has 2 aliphatic rings. The van der Waals surface area contributed by atoms with Crippen LogP contribution in [0, 0.1) is 0 Å². The van der Waals surface area contributed by atoms with Gasteiger partial charge in [-0.15, -0.1) is 0 Å². The van der Waals surface area contributed by atoms with Crippen molar-refractivity contribution in [3.8, 4) is 0 Å². The molecule has 0 N–H and O–H groups in total. The van der Waals surface area contributed by atoms with Crippen molar-refractivity contribution in [1.82, 2.24) is 0 Å². The van der Waals surface area contributed by atoms with Gasteiger partial charge in [-0.3, -0.25) is 0 Å². The number of halogens is 2. The largest absolute Gasteiger partial charge is 1.00 e. The van der Waals surface area contributed by atoms with Crippen molar-refractivity contribution in [3.63, 3.8) is 0 Å². The first kappa shape index (κ1) is 22.5. The summed E-state index contributed by atoms with van der Waals surface area (Å²) in [6.45, 7) is 14.5. The number of rotatable bonds is 4. The SMILES string of the molecule is CCC1=CC(C)=[C]([Ti+2]([C]2=C(C)C=C(CC)C2)=[Si](C)C)C1.[Cl-].[Cl-]. The average Bonchev–Trinajstić information content (AvgIpc) is 2.94. The number of hydrogen-bond donors (Lipinski definition) is 0. The molecule has 0 aliphatic heterocycles. The molecule has 0 atom stereocenters. The molecule has 22 heavy (non-hydrogen) atoms. The van der Waals surface area contributed by atoms with Gasteiger partial charge >= 0.3 is 131 Å². The van der Waals surface area contributed by atoms with Crippen molar-refractivity contribution >= 4 is 6.19 Å². The van der Waals surface area contributed by atoms with Gasteiger partial charge in [0.2, 0.25) is 0 Å². The van der Waals surface area contributed by atoms with E-state index in [1.54, 1.807) is 22.3 Å². The molecule has 0 saturated carbocycles. The monoisotopic (exact) mass is 390 g/mol. The van der Waals surface area contributed by atoms with E-state index in [2.05, 4.69) is 52.9 Å². The van der Waals surface area contributed by atoms with Gasteiger partial charge in [0.25, 0.3) is 0 Å². The summed E-state index contributed by atoms with van der Waals surface area (Å²) in [6.07, 6.45) is 9.89. The van der Waals surface area contributed by atoms with E-state index in [0.717, 1.165) is 0 Å². The van der Waals surface area contributed by atoms with Crippen molar-refractivity contribution in [3.05, 3.63) is 42.2 Å². The molecule has 4 heteroatoms. The maximum atomic E-state index is 2.56. The van der Waals surface area contributed by atoms with Gasteiger partial charge in [-0.1, -0.05) is 0 Å². The molecule has 0 saturated heterocycles. The summed E-state index contributed by atoms with van der Waals surface area (Å²) < 4.78 is 3.81. The summed E-state index contributed by atoms with van der Waals surface area (Å²) in [5.41, 5.74) is 6.61. The number of allylic oxidation sites excluding steroid dienone is 8. The Bertz CT molecular complexity index is 542. The maximum Gasteiger partial charge on any atom is -1.00 e. The van der Waals surface area contributed by atoms with Crippen LogP contribution in [0.1, 0.15) is 53.4 Å². The molecule has 0 aromatic carbocycles. The molecule has 0 aromatic heterocycles. The summed E-state index contributed by atoms with van der Waals surface area (Å²) >= 11 is -1.20. The molecule has 0 radical (unpaired) electrons. The second-order valence-corrected chi connectivity index (χ2v) is 18.2. The second-order valence-electron chi connectivity index (χ2n) is 6.36. The molecule has 0 nitrogen and oxygen atoms in total. The molecule has 0 heterocycles. The molecule has 0 amide bonds. The fraction of sp³-hybridized carbons (Fsp3) is 0.556. The molecule has 122 valence electrons. The van der Waals surface area contributed by atoms with Crippen molar-refractivity contribution in [2.75, 3.05) is 0 Å². The van der Waals surface area contributed by atoms with Crippen LogP contribution in [0.2, 0.25) is 13.1 Å². The summed E-state index contributed by atoms with van der Waals surface area (Å²) in [5, 5.41) is 0. The van der Waals surface area contributed by atoms with Crippen molar-refractivity contribution in [1.29, 1.82) is 0 Å². The fourth-order valence-electron chi connectivity index (χ4n) is 3.43. The third kappa shape index (κ3) is 4.74. The maximum absolute atomic E-state index is 2.56. The van der Waals surface area contributed by atoms with E-state index in [-0.39, 0.29) is 31.0 Å². The van der Waals surface area contributed by atoms with Crippen molar-refractivity contribution < 1.29 is 41.4 Å². The average molecular weight is 391 g/mol. The van der Waals surface area contributed by atoms with Gasteiger partial charge in [0, 0.05) is 0 Å². The Labute approximate surface area is 155 Å². The first-order valence-electron chi connectivity index (χ1n) is 7.94. The predicted molar refractivity (Wildman–Crippen MR) is 88.9 cm³/mol. The molecular formula is C18H28Cl2SiTi. The van der Waals surface area contributed by atoms with E-state index < -0.39 is 16.6 Å². The smallest absolute Gasteiger partial charge is 1.00 e. The first-order valence-corrected chi connectivity index (χ1v) is 14.3. The van der Waals surface area contributed by atoms with Crippen LogP contribution in [-0.4, -0.2) is 6.19 Å². The quantitative estimate of drug-likeness (QED) is 0.587. The third-order valence-corrected chi connectivity index (χ3v) is 16.5. The molecule has 0 aromatic rings.